The van der Waals surface area contributed by atoms with Gasteiger partial charge in [0.1, 0.15) is 17.3 Å². The van der Waals surface area contributed by atoms with E-state index in [0.29, 0.717) is 28.2 Å². The molecule has 1 heterocycles. The maximum absolute atomic E-state index is 12.3. The van der Waals surface area contributed by atoms with Crippen LogP contribution in [0.3, 0.4) is 0 Å². The van der Waals surface area contributed by atoms with Crippen molar-refractivity contribution in [3.05, 3.63) is 80.6 Å². The van der Waals surface area contributed by atoms with Crippen molar-refractivity contribution in [3.8, 4) is 17.1 Å². The molecular weight excluding hydrogens is 470 g/mol. The minimum absolute atomic E-state index is 0.0222. The molecule has 1 aliphatic carbocycles. The zero-order valence-corrected chi connectivity index (χ0v) is 20.1. The van der Waals surface area contributed by atoms with Crippen molar-refractivity contribution in [1.82, 2.24) is 5.43 Å². The van der Waals surface area contributed by atoms with E-state index in [2.05, 4.69) is 10.5 Å². The van der Waals surface area contributed by atoms with Crippen molar-refractivity contribution < 1.29 is 18.9 Å². The van der Waals surface area contributed by atoms with E-state index in [0.717, 1.165) is 29.5 Å². The van der Waals surface area contributed by atoms with Crippen LogP contribution in [0.15, 0.2) is 58.0 Å². The number of halogens is 1. The fourth-order valence-electron chi connectivity index (χ4n) is 4.33. The summed E-state index contributed by atoms with van der Waals surface area (Å²) in [5.74, 6) is 1.65. The molecule has 0 saturated heterocycles. The predicted molar refractivity (Wildman–Crippen MR) is 134 cm³/mol. The van der Waals surface area contributed by atoms with Gasteiger partial charge in [-0.15, -0.1) is 0 Å². The first-order valence-electron chi connectivity index (χ1n) is 11.5. The summed E-state index contributed by atoms with van der Waals surface area (Å²) in [5, 5.41) is 15.5. The number of nitro groups is 1. The van der Waals surface area contributed by atoms with Crippen molar-refractivity contribution in [2.45, 2.75) is 44.9 Å². The van der Waals surface area contributed by atoms with Crippen LogP contribution in [0.1, 0.15) is 54.9 Å². The van der Waals surface area contributed by atoms with Crippen LogP contribution >= 0.6 is 11.6 Å². The van der Waals surface area contributed by atoms with Crippen molar-refractivity contribution in [2.75, 3.05) is 6.61 Å². The number of hydrogen-bond acceptors (Lipinski definition) is 6. The van der Waals surface area contributed by atoms with Crippen LogP contribution in [0.5, 0.6) is 5.75 Å². The number of carbonyl (C=O) groups excluding carboxylic acids is 1. The maximum Gasteiger partial charge on any atom is 0.277 e. The summed E-state index contributed by atoms with van der Waals surface area (Å²) < 4.78 is 11.5. The van der Waals surface area contributed by atoms with Gasteiger partial charge in [-0.25, -0.2) is 5.43 Å². The monoisotopic (exact) mass is 495 g/mol. The summed E-state index contributed by atoms with van der Waals surface area (Å²) in [7, 11) is 0. The molecule has 1 N–H and O–H groups in total. The molecule has 3 aromatic rings. The molecule has 0 unspecified atom stereocenters. The van der Waals surface area contributed by atoms with Gasteiger partial charge in [0.2, 0.25) is 0 Å². The van der Waals surface area contributed by atoms with E-state index in [1.54, 1.807) is 31.2 Å². The molecule has 8 nitrogen and oxygen atoms in total. The zero-order valence-electron chi connectivity index (χ0n) is 19.3. The third kappa shape index (κ3) is 6.27. The Hall–Kier alpha value is -3.65. The molecule has 0 bridgehead atoms. The van der Waals surface area contributed by atoms with Gasteiger partial charge in [-0.2, -0.15) is 5.10 Å². The average molecular weight is 496 g/mol. The molecule has 0 aliphatic heterocycles. The lowest BCUT2D eigenvalue weighted by Gasteiger charge is -2.24. The van der Waals surface area contributed by atoms with Gasteiger partial charge < -0.3 is 9.15 Å². The zero-order chi connectivity index (χ0) is 24.8. The molecule has 4 rings (SSSR count). The highest BCUT2D eigenvalue weighted by molar-refractivity contribution is 6.30. The second-order valence-corrected chi connectivity index (χ2v) is 8.99. The Morgan fingerprint density at radius 2 is 2.00 bits per heavy atom. The molecular formula is C26H26ClN3O5. The number of furan rings is 1. The first-order chi connectivity index (χ1) is 16.9. The van der Waals surface area contributed by atoms with E-state index in [1.807, 2.05) is 12.1 Å². The fourth-order valence-corrected chi connectivity index (χ4v) is 4.51. The number of nitrogens with zero attached hydrogens (tertiary/aromatic N) is 2. The second kappa shape index (κ2) is 11.2. The smallest absolute Gasteiger partial charge is 0.277 e. The minimum Gasteiger partial charge on any atom is -0.483 e. The lowest BCUT2D eigenvalue weighted by molar-refractivity contribution is -0.384. The summed E-state index contributed by atoms with van der Waals surface area (Å²) in [6.07, 6.45) is 7.19. The van der Waals surface area contributed by atoms with Gasteiger partial charge in [-0.05, 0) is 73.2 Å². The summed E-state index contributed by atoms with van der Waals surface area (Å²) in [4.78, 5) is 22.7. The number of ether oxygens (including phenoxy) is 1. The molecule has 1 amide bonds. The van der Waals surface area contributed by atoms with E-state index in [9.17, 15) is 14.9 Å². The van der Waals surface area contributed by atoms with Gasteiger partial charge in [0.05, 0.1) is 11.1 Å². The summed E-state index contributed by atoms with van der Waals surface area (Å²) in [6, 6.07) is 13.5. The second-order valence-electron chi connectivity index (χ2n) is 8.56. The Morgan fingerprint density at radius 3 is 2.74 bits per heavy atom. The Bertz CT molecular complexity index is 1250. The number of carbonyl (C=O) groups is 1. The molecule has 35 heavy (non-hydrogen) atoms. The maximum atomic E-state index is 12.3. The third-order valence-corrected chi connectivity index (χ3v) is 6.30. The molecule has 1 fully saturated rings. The standard InChI is InChI=1S/C26H26ClN3O5/c1-17-13-20(30(32)33)8-10-22(17)25-12-9-21(35-25)15-28-29-26(31)16-34-24-11-7-19(27)14-23(24)18-5-3-2-4-6-18/h7-15,18H,2-6,16H2,1H3,(H,29,31). The molecule has 1 aromatic heterocycles. The van der Waals surface area contributed by atoms with Gasteiger partial charge in [-0.3, -0.25) is 14.9 Å². The largest absolute Gasteiger partial charge is 0.483 e. The molecule has 9 heteroatoms. The van der Waals surface area contributed by atoms with Crippen LogP contribution in [0.25, 0.3) is 11.3 Å². The first kappa shape index (κ1) is 24.5. The van der Waals surface area contributed by atoms with Crippen molar-refractivity contribution in [2.24, 2.45) is 5.10 Å². The Kier molecular flexibility index (Phi) is 7.82. The van der Waals surface area contributed by atoms with Crippen LogP contribution in [0.4, 0.5) is 5.69 Å². The van der Waals surface area contributed by atoms with Crippen molar-refractivity contribution in [3.63, 3.8) is 0 Å². The quantitative estimate of drug-likeness (QED) is 0.221. The predicted octanol–water partition coefficient (Wildman–Crippen LogP) is 6.39. The van der Waals surface area contributed by atoms with E-state index >= 15 is 0 Å². The van der Waals surface area contributed by atoms with Crippen LogP contribution in [-0.2, 0) is 4.79 Å². The van der Waals surface area contributed by atoms with E-state index in [-0.39, 0.29) is 12.3 Å². The first-order valence-corrected chi connectivity index (χ1v) is 11.9. The van der Waals surface area contributed by atoms with E-state index in [1.165, 1.54) is 37.6 Å². The van der Waals surface area contributed by atoms with Crippen LogP contribution in [0.2, 0.25) is 5.02 Å². The number of nitrogens with one attached hydrogen (secondary N) is 1. The topological polar surface area (TPSA) is 107 Å². The molecule has 0 spiro atoms. The van der Waals surface area contributed by atoms with Gasteiger partial charge >= 0.3 is 0 Å². The molecule has 1 aliphatic rings. The van der Waals surface area contributed by atoms with Crippen LogP contribution in [-0.4, -0.2) is 23.7 Å². The number of nitro benzene ring substituents is 1. The lowest BCUT2D eigenvalue weighted by Crippen LogP contribution is -2.25. The van der Waals surface area contributed by atoms with Gasteiger partial charge in [0, 0.05) is 22.7 Å². The Balaban J connectivity index is 1.33. The highest BCUT2D eigenvalue weighted by Crippen LogP contribution is 2.38. The Labute approximate surface area is 208 Å². The highest BCUT2D eigenvalue weighted by atomic mass is 35.5. The highest BCUT2D eigenvalue weighted by Gasteiger charge is 2.20. The van der Waals surface area contributed by atoms with Crippen LogP contribution < -0.4 is 10.2 Å². The van der Waals surface area contributed by atoms with E-state index in [4.69, 9.17) is 20.8 Å². The molecule has 1 saturated carbocycles. The number of benzene rings is 2. The van der Waals surface area contributed by atoms with Gasteiger partial charge in [-0.1, -0.05) is 30.9 Å². The number of hydrazone groups is 1. The lowest BCUT2D eigenvalue weighted by atomic mass is 9.84. The minimum atomic E-state index is -0.437. The fraction of sp³-hybridized carbons (Fsp3) is 0.308. The summed E-state index contributed by atoms with van der Waals surface area (Å²) in [6.45, 7) is 1.60. The summed E-state index contributed by atoms with van der Waals surface area (Å²) in [5.41, 5.74) is 4.97. The normalized spacial score (nSPS) is 14.2. The van der Waals surface area contributed by atoms with Crippen molar-refractivity contribution in [1.29, 1.82) is 0 Å². The number of non-ortho nitro benzene ring substituents is 1. The number of aryl methyl sites for hydroxylation is 1. The average Bonchev–Trinajstić information content (AvgIpc) is 3.32. The number of hydrogen-bond donors (Lipinski definition) is 1. The SMILES string of the molecule is Cc1cc([N+](=O)[O-])ccc1-c1ccc(C=NNC(=O)COc2ccc(Cl)cc2C2CCCCC2)o1. The van der Waals surface area contributed by atoms with Crippen LogP contribution in [0, 0.1) is 17.0 Å². The summed E-state index contributed by atoms with van der Waals surface area (Å²) >= 11 is 6.20. The third-order valence-electron chi connectivity index (χ3n) is 6.07. The Morgan fingerprint density at radius 1 is 1.20 bits per heavy atom. The molecule has 182 valence electrons. The molecule has 2 aromatic carbocycles. The van der Waals surface area contributed by atoms with Gasteiger partial charge in [0.15, 0.2) is 6.61 Å². The van der Waals surface area contributed by atoms with E-state index < -0.39 is 10.8 Å². The number of amides is 1. The molecule has 0 atom stereocenters. The van der Waals surface area contributed by atoms with Crippen molar-refractivity contribution >= 4 is 29.4 Å². The number of rotatable bonds is 8. The van der Waals surface area contributed by atoms with Gasteiger partial charge in [0.25, 0.3) is 11.6 Å². The molecule has 0 radical (unpaired) electrons.